The first-order valence-electron chi connectivity index (χ1n) is 9.27. The molecular formula is C17H26N6O3S. The summed E-state index contributed by atoms with van der Waals surface area (Å²) >= 11 is 1.13. The summed E-state index contributed by atoms with van der Waals surface area (Å²) in [7, 11) is 1.73. The van der Waals surface area contributed by atoms with Crippen molar-refractivity contribution in [1.82, 2.24) is 25.4 Å². The molecular weight excluding hydrogens is 368 g/mol. The normalized spacial score (nSPS) is 25.8. The second kappa shape index (κ2) is 8.22. The SMILES string of the molecule is CCCC[C@H]1C(=O)NCC2N(C(=O)c3cnc(N)s3)CC[C@H](NC)C(=O)N21. The van der Waals surface area contributed by atoms with Gasteiger partial charge >= 0.3 is 0 Å². The zero-order valence-electron chi connectivity index (χ0n) is 15.6. The van der Waals surface area contributed by atoms with E-state index >= 15 is 0 Å². The lowest BCUT2D eigenvalue weighted by Gasteiger charge is -2.45. The van der Waals surface area contributed by atoms with Crippen molar-refractivity contribution in [2.24, 2.45) is 0 Å². The van der Waals surface area contributed by atoms with Crippen LogP contribution in [0.3, 0.4) is 0 Å². The van der Waals surface area contributed by atoms with Gasteiger partial charge in [-0.1, -0.05) is 31.1 Å². The number of likely N-dealkylation sites (N-methyl/N-ethyl adjacent to an activating group) is 1. The van der Waals surface area contributed by atoms with Crippen LogP contribution in [0.2, 0.25) is 0 Å². The first-order chi connectivity index (χ1) is 13.0. The van der Waals surface area contributed by atoms with Crippen molar-refractivity contribution in [3.05, 3.63) is 11.1 Å². The number of rotatable bonds is 5. The van der Waals surface area contributed by atoms with Crippen molar-refractivity contribution < 1.29 is 14.4 Å². The quantitative estimate of drug-likeness (QED) is 0.647. The number of piperazine rings is 1. The van der Waals surface area contributed by atoms with Gasteiger partial charge in [0.15, 0.2) is 5.13 Å². The average Bonchev–Trinajstić information content (AvgIpc) is 3.04. The fourth-order valence-electron chi connectivity index (χ4n) is 3.72. The summed E-state index contributed by atoms with van der Waals surface area (Å²) in [6, 6.07) is -0.987. The van der Waals surface area contributed by atoms with Crippen LogP contribution in [0.25, 0.3) is 0 Å². The average molecular weight is 395 g/mol. The van der Waals surface area contributed by atoms with Gasteiger partial charge in [0, 0.05) is 6.54 Å². The van der Waals surface area contributed by atoms with E-state index in [1.54, 1.807) is 16.8 Å². The topological polar surface area (TPSA) is 121 Å². The molecule has 1 unspecified atom stereocenters. The Kier molecular flexibility index (Phi) is 5.95. The van der Waals surface area contributed by atoms with Crippen molar-refractivity contribution in [3.63, 3.8) is 0 Å². The lowest BCUT2D eigenvalue weighted by atomic mass is 10.0. The second-order valence-corrected chi connectivity index (χ2v) is 7.88. The number of anilines is 1. The van der Waals surface area contributed by atoms with Gasteiger partial charge in [0.05, 0.1) is 18.8 Å². The molecule has 0 radical (unpaired) electrons. The van der Waals surface area contributed by atoms with Crippen LogP contribution in [-0.4, -0.2) is 70.9 Å². The van der Waals surface area contributed by atoms with Crippen LogP contribution in [-0.2, 0) is 9.59 Å². The van der Waals surface area contributed by atoms with E-state index in [0.717, 1.165) is 24.2 Å². The molecule has 0 spiro atoms. The minimum atomic E-state index is -0.563. The van der Waals surface area contributed by atoms with Crippen LogP contribution in [0, 0.1) is 0 Å². The Bertz CT molecular complexity index is 723. The lowest BCUT2D eigenvalue weighted by molar-refractivity contribution is -0.151. The van der Waals surface area contributed by atoms with Gasteiger partial charge in [0.1, 0.15) is 17.1 Å². The van der Waals surface area contributed by atoms with Crippen LogP contribution >= 0.6 is 11.3 Å². The maximum Gasteiger partial charge on any atom is 0.267 e. The molecule has 2 aliphatic heterocycles. The molecule has 148 valence electrons. The van der Waals surface area contributed by atoms with Crippen LogP contribution < -0.4 is 16.4 Å². The van der Waals surface area contributed by atoms with Crippen molar-refractivity contribution in [2.75, 3.05) is 25.9 Å². The van der Waals surface area contributed by atoms with Gasteiger partial charge in [-0.2, -0.15) is 0 Å². The number of nitrogens with two attached hydrogens (primary N) is 1. The van der Waals surface area contributed by atoms with E-state index in [4.69, 9.17) is 5.73 Å². The first kappa shape index (κ1) is 19.6. The molecule has 3 heterocycles. The number of carbonyl (C=O) groups is 3. The van der Waals surface area contributed by atoms with E-state index < -0.39 is 18.2 Å². The van der Waals surface area contributed by atoms with E-state index in [9.17, 15) is 14.4 Å². The molecule has 0 saturated carbocycles. The zero-order chi connectivity index (χ0) is 19.6. The third-order valence-electron chi connectivity index (χ3n) is 5.16. The maximum absolute atomic E-state index is 13.2. The summed E-state index contributed by atoms with van der Waals surface area (Å²) < 4.78 is 0. The van der Waals surface area contributed by atoms with Crippen LogP contribution in [0.4, 0.5) is 5.13 Å². The molecule has 0 aromatic carbocycles. The van der Waals surface area contributed by atoms with Crippen LogP contribution in [0.15, 0.2) is 6.20 Å². The minimum Gasteiger partial charge on any atom is -0.375 e. The lowest BCUT2D eigenvalue weighted by Crippen LogP contribution is -2.68. The number of hydrogen-bond acceptors (Lipinski definition) is 7. The molecule has 0 aliphatic carbocycles. The smallest absolute Gasteiger partial charge is 0.267 e. The van der Waals surface area contributed by atoms with Crippen molar-refractivity contribution in [2.45, 2.75) is 50.9 Å². The molecule has 9 nitrogen and oxygen atoms in total. The third-order valence-corrected chi connectivity index (χ3v) is 5.98. The van der Waals surface area contributed by atoms with Gasteiger partial charge in [0.2, 0.25) is 11.8 Å². The highest BCUT2D eigenvalue weighted by Crippen LogP contribution is 2.27. The monoisotopic (exact) mass is 394 g/mol. The number of nitrogens with one attached hydrogen (secondary N) is 2. The highest BCUT2D eigenvalue weighted by molar-refractivity contribution is 7.17. The van der Waals surface area contributed by atoms with E-state index in [-0.39, 0.29) is 24.3 Å². The van der Waals surface area contributed by atoms with Gasteiger partial charge in [-0.25, -0.2) is 4.98 Å². The van der Waals surface area contributed by atoms with Gasteiger partial charge in [-0.15, -0.1) is 0 Å². The van der Waals surface area contributed by atoms with Crippen LogP contribution in [0.1, 0.15) is 42.3 Å². The van der Waals surface area contributed by atoms with E-state index in [0.29, 0.717) is 29.4 Å². The highest BCUT2D eigenvalue weighted by atomic mass is 32.1. The number of fused-ring (bicyclic) bond motifs is 1. The Labute approximate surface area is 162 Å². The Balaban J connectivity index is 1.95. The summed E-state index contributed by atoms with van der Waals surface area (Å²) in [6.07, 6.45) is 3.77. The largest absolute Gasteiger partial charge is 0.375 e. The molecule has 1 aromatic heterocycles. The van der Waals surface area contributed by atoms with Gasteiger partial charge in [-0.05, 0) is 19.9 Å². The minimum absolute atomic E-state index is 0.127. The molecule has 1 aromatic rings. The number of amides is 3. The molecule has 3 rings (SSSR count). The molecule has 10 heteroatoms. The van der Waals surface area contributed by atoms with E-state index in [1.807, 2.05) is 6.92 Å². The molecule has 3 atom stereocenters. The summed E-state index contributed by atoms with van der Waals surface area (Å²) in [5, 5.41) is 6.24. The number of nitrogens with zero attached hydrogens (tertiary/aromatic N) is 3. The number of carbonyl (C=O) groups excluding carboxylic acids is 3. The molecule has 27 heavy (non-hydrogen) atoms. The zero-order valence-corrected chi connectivity index (χ0v) is 16.4. The second-order valence-electron chi connectivity index (χ2n) is 6.82. The Morgan fingerprint density at radius 3 is 2.89 bits per heavy atom. The highest BCUT2D eigenvalue weighted by Gasteiger charge is 2.46. The molecule has 0 bridgehead atoms. The molecule has 3 amide bonds. The van der Waals surface area contributed by atoms with E-state index in [1.165, 1.54) is 6.20 Å². The number of unbranched alkanes of at least 4 members (excludes halogenated alkanes) is 1. The van der Waals surface area contributed by atoms with Crippen molar-refractivity contribution in [1.29, 1.82) is 0 Å². The van der Waals surface area contributed by atoms with Crippen LogP contribution in [0.5, 0.6) is 0 Å². The number of nitrogen functional groups attached to an aromatic ring is 1. The predicted molar refractivity (Wildman–Crippen MR) is 102 cm³/mol. The fraction of sp³-hybridized carbons (Fsp3) is 0.647. The van der Waals surface area contributed by atoms with Gasteiger partial charge in [-0.3, -0.25) is 14.4 Å². The molecule has 2 aliphatic rings. The first-order valence-corrected chi connectivity index (χ1v) is 10.1. The van der Waals surface area contributed by atoms with Crippen molar-refractivity contribution in [3.8, 4) is 0 Å². The summed E-state index contributed by atoms with van der Waals surface area (Å²) in [6.45, 7) is 2.68. The van der Waals surface area contributed by atoms with E-state index in [2.05, 4.69) is 15.6 Å². The Morgan fingerprint density at radius 2 is 2.26 bits per heavy atom. The standard InChI is InChI=1S/C17H26N6O3S/c1-3-4-5-11-14(24)20-9-13-22(16(26)12-8-21-17(18)27-12)7-6-10(19-2)15(25)23(11)13/h8,10-11,13,19H,3-7,9H2,1-2H3,(H2,18,21)(H,20,24)/t10-,11-,13?/m0/s1. The van der Waals surface area contributed by atoms with Crippen molar-refractivity contribution >= 4 is 34.2 Å². The molecule has 4 N–H and O–H groups in total. The molecule has 2 saturated heterocycles. The summed E-state index contributed by atoms with van der Waals surface area (Å²) in [5.41, 5.74) is 5.67. The molecule has 2 fully saturated rings. The number of hydrogen-bond donors (Lipinski definition) is 3. The Hall–Kier alpha value is -2.20. The fourth-order valence-corrected chi connectivity index (χ4v) is 4.36. The summed E-state index contributed by atoms with van der Waals surface area (Å²) in [4.78, 5) is 46.4. The third kappa shape index (κ3) is 3.77. The number of thiazole rings is 1. The summed E-state index contributed by atoms with van der Waals surface area (Å²) in [5.74, 6) is -0.494. The Morgan fingerprint density at radius 1 is 1.48 bits per heavy atom. The van der Waals surface area contributed by atoms with Gasteiger partial charge in [0.25, 0.3) is 5.91 Å². The number of aromatic nitrogens is 1. The maximum atomic E-state index is 13.2. The predicted octanol–water partition coefficient (Wildman–Crippen LogP) is 0.00250. The van der Waals surface area contributed by atoms with Gasteiger partial charge < -0.3 is 26.2 Å².